The number of hydrogen-bond acceptors (Lipinski definition) is 6. The molecule has 0 spiro atoms. The van der Waals surface area contributed by atoms with Gasteiger partial charge in [-0.05, 0) is 48.4 Å². The summed E-state index contributed by atoms with van der Waals surface area (Å²) >= 11 is 0. The van der Waals surface area contributed by atoms with E-state index in [2.05, 4.69) is 6.92 Å². The molecule has 1 atom stereocenters. The van der Waals surface area contributed by atoms with Crippen molar-refractivity contribution < 1.29 is 28.6 Å². The number of carbonyl (C=O) groups excluding carboxylic acids is 3. The van der Waals surface area contributed by atoms with Crippen molar-refractivity contribution in [2.45, 2.75) is 44.4 Å². The quantitative estimate of drug-likeness (QED) is 0.548. The molecule has 0 aliphatic heterocycles. The Hall–Kier alpha value is -2.37. The summed E-state index contributed by atoms with van der Waals surface area (Å²) in [6.45, 7) is 2.11. The van der Waals surface area contributed by atoms with Crippen LogP contribution in [-0.2, 0) is 24.5 Å². The standard InChI is InChI=1S/C20H26O6/c1-20(10-5-6-15(18(22)25-3)19(23)26-4)11-9-17(21)14-8-7-13(24-2)12-16(14)20/h7-8,12,15H,5-6,9-11H2,1-4H3. The highest BCUT2D eigenvalue weighted by Crippen LogP contribution is 2.42. The van der Waals surface area contributed by atoms with Gasteiger partial charge in [-0.25, -0.2) is 0 Å². The highest BCUT2D eigenvalue weighted by atomic mass is 16.5. The van der Waals surface area contributed by atoms with Crippen LogP contribution in [0.25, 0.3) is 0 Å². The summed E-state index contributed by atoms with van der Waals surface area (Å²) in [7, 11) is 4.12. The molecule has 0 heterocycles. The van der Waals surface area contributed by atoms with Crippen molar-refractivity contribution in [3.05, 3.63) is 29.3 Å². The first-order valence-corrected chi connectivity index (χ1v) is 8.73. The van der Waals surface area contributed by atoms with Crippen LogP contribution < -0.4 is 4.74 Å². The third-order valence-corrected chi connectivity index (χ3v) is 5.27. The van der Waals surface area contributed by atoms with E-state index in [4.69, 9.17) is 14.2 Å². The van der Waals surface area contributed by atoms with E-state index < -0.39 is 17.9 Å². The van der Waals surface area contributed by atoms with Crippen molar-refractivity contribution in [1.29, 1.82) is 0 Å². The van der Waals surface area contributed by atoms with Gasteiger partial charge in [0, 0.05) is 12.0 Å². The molecule has 1 aromatic rings. The first-order valence-electron chi connectivity index (χ1n) is 8.73. The van der Waals surface area contributed by atoms with Gasteiger partial charge in [-0.3, -0.25) is 14.4 Å². The molecule has 0 amide bonds. The minimum Gasteiger partial charge on any atom is -0.497 e. The molecule has 0 saturated carbocycles. The molecule has 142 valence electrons. The topological polar surface area (TPSA) is 78.9 Å². The fraction of sp³-hybridized carbons (Fsp3) is 0.550. The number of hydrogen-bond donors (Lipinski definition) is 0. The van der Waals surface area contributed by atoms with E-state index in [9.17, 15) is 14.4 Å². The smallest absolute Gasteiger partial charge is 0.320 e. The van der Waals surface area contributed by atoms with Crippen LogP contribution in [-0.4, -0.2) is 39.1 Å². The number of rotatable bonds is 7. The van der Waals surface area contributed by atoms with Gasteiger partial charge >= 0.3 is 11.9 Å². The van der Waals surface area contributed by atoms with E-state index >= 15 is 0 Å². The third-order valence-electron chi connectivity index (χ3n) is 5.27. The fourth-order valence-corrected chi connectivity index (χ4v) is 3.62. The summed E-state index contributed by atoms with van der Waals surface area (Å²) in [5, 5.41) is 0. The fourth-order valence-electron chi connectivity index (χ4n) is 3.62. The van der Waals surface area contributed by atoms with Crippen molar-refractivity contribution in [2.24, 2.45) is 5.92 Å². The van der Waals surface area contributed by atoms with Crippen LogP contribution in [0, 0.1) is 5.92 Å². The van der Waals surface area contributed by atoms with Gasteiger partial charge in [-0.1, -0.05) is 13.3 Å². The number of fused-ring (bicyclic) bond motifs is 1. The normalized spacial score (nSPS) is 19.0. The van der Waals surface area contributed by atoms with Crippen LogP contribution >= 0.6 is 0 Å². The lowest BCUT2D eigenvalue weighted by molar-refractivity contribution is -0.159. The van der Waals surface area contributed by atoms with Crippen LogP contribution in [0.1, 0.15) is 54.9 Å². The van der Waals surface area contributed by atoms with Gasteiger partial charge in [-0.2, -0.15) is 0 Å². The lowest BCUT2D eigenvalue weighted by atomic mass is 9.68. The van der Waals surface area contributed by atoms with Crippen molar-refractivity contribution in [3.8, 4) is 5.75 Å². The molecule has 1 unspecified atom stereocenters. The number of esters is 2. The summed E-state index contributed by atoms with van der Waals surface area (Å²) in [6, 6.07) is 5.54. The first-order chi connectivity index (χ1) is 12.4. The molecule has 0 saturated heterocycles. The zero-order chi connectivity index (χ0) is 19.3. The number of ether oxygens (including phenoxy) is 3. The number of benzene rings is 1. The van der Waals surface area contributed by atoms with Crippen molar-refractivity contribution in [3.63, 3.8) is 0 Å². The zero-order valence-corrected chi connectivity index (χ0v) is 15.8. The Morgan fingerprint density at radius 2 is 1.81 bits per heavy atom. The molecule has 0 aromatic heterocycles. The Kier molecular flexibility index (Phi) is 6.40. The summed E-state index contributed by atoms with van der Waals surface area (Å²) in [5.74, 6) is -1.22. The van der Waals surface area contributed by atoms with Crippen LogP contribution in [0.4, 0.5) is 0 Å². The number of ketones is 1. The maximum atomic E-state index is 12.2. The highest BCUT2D eigenvalue weighted by Gasteiger charge is 2.36. The largest absolute Gasteiger partial charge is 0.497 e. The molecule has 0 N–H and O–H groups in total. The molecule has 0 bridgehead atoms. The van der Waals surface area contributed by atoms with Gasteiger partial charge < -0.3 is 14.2 Å². The Morgan fingerprint density at radius 3 is 2.38 bits per heavy atom. The summed E-state index contributed by atoms with van der Waals surface area (Å²) < 4.78 is 14.7. The van der Waals surface area contributed by atoms with E-state index in [0.29, 0.717) is 25.0 Å². The van der Waals surface area contributed by atoms with Gasteiger partial charge in [0.1, 0.15) is 5.75 Å². The van der Waals surface area contributed by atoms with Gasteiger partial charge in [0.25, 0.3) is 0 Å². The van der Waals surface area contributed by atoms with Crippen LogP contribution in [0.5, 0.6) is 5.75 Å². The van der Waals surface area contributed by atoms with E-state index in [-0.39, 0.29) is 11.2 Å². The zero-order valence-electron chi connectivity index (χ0n) is 15.8. The van der Waals surface area contributed by atoms with Gasteiger partial charge in [-0.15, -0.1) is 0 Å². The molecule has 6 nitrogen and oxygen atoms in total. The molecule has 0 fully saturated rings. The highest BCUT2D eigenvalue weighted by molar-refractivity contribution is 5.99. The lowest BCUT2D eigenvalue weighted by Gasteiger charge is -2.36. The second-order valence-corrected chi connectivity index (χ2v) is 6.89. The van der Waals surface area contributed by atoms with Crippen molar-refractivity contribution in [1.82, 2.24) is 0 Å². The second-order valence-electron chi connectivity index (χ2n) is 6.89. The Labute approximate surface area is 153 Å². The van der Waals surface area contributed by atoms with Crippen LogP contribution in [0.3, 0.4) is 0 Å². The van der Waals surface area contributed by atoms with E-state index in [1.165, 1.54) is 14.2 Å². The van der Waals surface area contributed by atoms with Crippen LogP contribution in [0.15, 0.2) is 18.2 Å². The maximum Gasteiger partial charge on any atom is 0.320 e. The Morgan fingerprint density at radius 1 is 1.15 bits per heavy atom. The number of carbonyl (C=O) groups is 3. The average molecular weight is 362 g/mol. The average Bonchev–Trinajstić information content (AvgIpc) is 2.67. The minimum absolute atomic E-state index is 0.141. The van der Waals surface area contributed by atoms with Crippen LogP contribution in [0.2, 0.25) is 0 Å². The maximum absolute atomic E-state index is 12.2. The van der Waals surface area contributed by atoms with Gasteiger partial charge in [0.2, 0.25) is 0 Å². The molecule has 1 aromatic carbocycles. The molecule has 6 heteroatoms. The lowest BCUT2D eigenvalue weighted by Crippen LogP contribution is -2.31. The number of methoxy groups -OCH3 is 3. The van der Waals surface area contributed by atoms with Gasteiger partial charge in [0.15, 0.2) is 11.7 Å². The molecule has 1 aliphatic carbocycles. The monoisotopic (exact) mass is 362 g/mol. The SMILES string of the molecule is COC(=O)C(CCCC1(C)CCC(=O)c2ccc(OC)cc21)C(=O)OC. The second kappa shape index (κ2) is 8.34. The van der Waals surface area contributed by atoms with E-state index in [1.807, 2.05) is 12.1 Å². The van der Waals surface area contributed by atoms with E-state index in [0.717, 1.165) is 24.0 Å². The molecular formula is C20H26O6. The first kappa shape index (κ1) is 19.9. The Bertz CT molecular complexity index is 680. The summed E-state index contributed by atoms with van der Waals surface area (Å²) in [4.78, 5) is 35.9. The van der Waals surface area contributed by atoms with Crippen molar-refractivity contribution >= 4 is 17.7 Å². The minimum atomic E-state index is -0.913. The van der Waals surface area contributed by atoms with Crippen molar-refractivity contribution in [2.75, 3.05) is 21.3 Å². The van der Waals surface area contributed by atoms with Gasteiger partial charge in [0.05, 0.1) is 21.3 Å². The molecule has 26 heavy (non-hydrogen) atoms. The Balaban J connectivity index is 2.16. The molecular weight excluding hydrogens is 336 g/mol. The predicted octanol–water partition coefficient (Wildman–Crippen LogP) is 3.06. The van der Waals surface area contributed by atoms with E-state index in [1.54, 1.807) is 13.2 Å². The molecule has 2 rings (SSSR count). The predicted molar refractivity (Wildman–Crippen MR) is 95.3 cm³/mol. The molecule has 0 radical (unpaired) electrons. The summed E-state index contributed by atoms with van der Waals surface area (Å²) in [6.07, 6.45) is 2.95. The number of Topliss-reactive ketones (excluding diaryl/α,β-unsaturated/α-hetero) is 1. The molecule has 1 aliphatic rings. The summed E-state index contributed by atoms with van der Waals surface area (Å²) in [5.41, 5.74) is 1.49. The third kappa shape index (κ3) is 4.06.